The zero-order valence-corrected chi connectivity index (χ0v) is 9.27. The van der Waals surface area contributed by atoms with Crippen LogP contribution in [-0.2, 0) is 0 Å². The number of nitrogens with one attached hydrogen (secondary N) is 2. The summed E-state index contributed by atoms with van der Waals surface area (Å²) in [4.78, 5) is 13.7. The fourth-order valence-electron chi connectivity index (χ4n) is 2.10. The molecule has 0 bridgehead atoms. The number of aromatic nitrogens is 1. The van der Waals surface area contributed by atoms with E-state index in [1.165, 1.54) is 0 Å². The average Bonchev–Trinajstić information content (AvgIpc) is 2.64. The van der Waals surface area contributed by atoms with Crippen LogP contribution in [0.5, 0.6) is 5.75 Å². The van der Waals surface area contributed by atoms with Gasteiger partial charge in [-0.15, -0.1) is 0 Å². The fourth-order valence-corrected chi connectivity index (χ4v) is 2.10. The van der Waals surface area contributed by atoms with Crippen molar-refractivity contribution in [2.45, 2.75) is 0 Å². The van der Waals surface area contributed by atoms with Gasteiger partial charge in [0.05, 0.1) is 5.52 Å². The maximum Gasteiger partial charge on any atom is 0.409 e. The molecule has 90 valence electrons. The zero-order valence-electron chi connectivity index (χ0n) is 9.27. The van der Waals surface area contributed by atoms with Crippen LogP contribution in [0.15, 0.2) is 36.4 Å². The first-order chi connectivity index (χ1) is 8.63. The van der Waals surface area contributed by atoms with E-state index in [1.54, 1.807) is 24.3 Å². The second-order valence-electron chi connectivity index (χ2n) is 4.05. The largest absolute Gasteiger partial charge is 0.508 e. The molecule has 0 saturated carbocycles. The molecule has 0 saturated heterocycles. The zero-order chi connectivity index (χ0) is 12.7. The van der Waals surface area contributed by atoms with Gasteiger partial charge in [-0.3, -0.25) is 5.32 Å². The van der Waals surface area contributed by atoms with E-state index in [9.17, 15) is 9.90 Å². The van der Waals surface area contributed by atoms with E-state index in [2.05, 4.69) is 10.3 Å². The summed E-state index contributed by atoms with van der Waals surface area (Å²) < 4.78 is 0. The molecular weight excluding hydrogens is 232 g/mol. The predicted octanol–water partition coefficient (Wildman–Crippen LogP) is 3.12. The minimum atomic E-state index is -1.09. The van der Waals surface area contributed by atoms with Crippen molar-refractivity contribution in [3.63, 3.8) is 0 Å². The topological polar surface area (TPSA) is 85.4 Å². The molecule has 5 nitrogen and oxygen atoms in total. The number of amides is 1. The molecule has 1 aromatic heterocycles. The summed E-state index contributed by atoms with van der Waals surface area (Å²) in [7, 11) is 0. The lowest BCUT2D eigenvalue weighted by Gasteiger charge is -1.99. The van der Waals surface area contributed by atoms with E-state index in [1.807, 2.05) is 12.1 Å². The van der Waals surface area contributed by atoms with Crippen molar-refractivity contribution in [3.8, 4) is 5.75 Å². The second kappa shape index (κ2) is 3.66. The standard InChI is InChI=1S/C13H10N2O3/c16-8-2-4-10-9-3-1-7(14-13(17)18)5-11(9)15-12(10)6-8/h1-6,14-16H,(H,17,18). The molecule has 0 aliphatic heterocycles. The normalized spacial score (nSPS) is 10.9. The van der Waals surface area contributed by atoms with Crippen LogP contribution in [0.2, 0.25) is 0 Å². The number of fused-ring (bicyclic) bond motifs is 3. The average molecular weight is 242 g/mol. The van der Waals surface area contributed by atoms with Gasteiger partial charge in [-0.1, -0.05) is 6.07 Å². The van der Waals surface area contributed by atoms with E-state index < -0.39 is 6.09 Å². The molecule has 2 aromatic carbocycles. The number of carbonyl (C=O) groups is 1. The highest BCUT2D eigenvalue weighted by atomic mass is 16.4. The molecule has 0 unspecified atom stereocenters. The van der Waals surface area contributed by atoms with Gasteiger partial charge in [-0.05, 0) is 24.3 Å². The Kier molecular flexibility index (Phi) is 2.13. The monoisotopic (exact) mass is 242 g/mol. The van der Waals surface area contributed by atoms with Crippen LogP contribution >= 0.6 is 0 Å². The van der Waals surface area contributed by atoms with Gasteiger partial charge >= 0.3 is 6.09 Å². The maximum absolute atomic E-state index is 10.6. The van der Waals surface area contributed by atoms with Crippen LogP contribution < -0.4 is 5.32 Å². The van der Waals surface area contributed by atoms with E-state index in [0.29, 0.717) is 5.69 Å². The lowest BCUT2D eigenvalue weighted by molar-refractivity contribution is 0.210. The molecule has 1 amide bonds. The van der Waals surface area contributed by atoms with E-state index in [4.69, 9.17) is 5.11 Å². The molecule has 3 aromatic rings. The Morgan fingerprint density at radius 1 is 1.06 bits per heavy atom. The summed E-state index contributed by atoms with van der Waals surface area (Å²) in [6.45, 7) is 0. The van der Waals surface area contributed by atoms with E-state index in [0.717, 1.165) is 21.8 Å². The highest BCUT2D eigenvalue weighted by Gasteiger charge is 2.06. The minimum absolute atomic E-state index is 0.193. The summed E-state index contributed by atoms with van der Waals surface area (Å²) in [6, 6.07) is 10.4. The highest BCUT2D eigenvalue weighted by molar-refractivity contribution is 6.08. The van der Waals surface area contributed by atoms with Crippen LogP contribution in [0.25, 0.3) is 21.8 Å². The second-order valence-corrected chi connectivity index (χ2v) is 4.05. The van der Waals surface area contributed by atoms with Crippen LogP contribution in [0.1, 0.15) is 0 Å². The molecule has 0 spiro atoms. The molecule has 0 atom stereocenters. The number of H-pyrrole nitrogens is 1. The number of rotatable bonds is 1. The smallest absolute Gasteiger partial charge is 0.409 e. The van der Waals surface area contributed by atoms with Crippen LogP contribution in [0.4, 0.5) is 10.5 Å². The summed E-state index contributed by atoms with van der Waals surface area (Å²) >= 11 is 0. The number of hydrogen-bond donors (Lipinski definition) is 4. The van der Waals surface area contributed by atoms with Gasteiger partial charge in [0.25, 0.3) is 0 Å². The van der Waals surface area contributed by atoms with Crippen LogP contribution in [0.3, 0.4) is 0 Å². The number of benzene rings is 2. The number of aromatic hydroxyl groups is 1. The van der Waals surface area contributed by atoms with Crippen LogP contribution in [0, 0.1) is 0 Å². The number of carboxylic acid groups (broad SMARTS) is 1. The molecular formula is C13H10N2O3. The van der Waals surface area contributed by atoms with Crippen molar-refractivity contribution >= 4 is 33.6 Å². The maximum atomic E-state index is 10.6. The Hall–Kier alpha value is -2.69. The first kappa shape index (κ1) is 10.5. The lowest BCUT2D eigenvalue weighted by atomic mass is 10.1. The Labute approximate surface area is 102 Å². The summed E-state index contributed by atoms with van der Waals surface area (Å²) in [5.74, 6) is 0.193. The van der Waals surface area contributed by atoms with Crippen molar-refractivity contribution in [3.05, 3.63) is 36.4 Å². The van der Waals surface area contributed by atoms with Gasteiger partial charge in [-0.25, -0.2) is 4.79 Å². The van der Waals surface area contributed by atoms with Crippen LogP contribution in [-0.4, -0.2) is 21.3 Å². The van der Waals surface area contributed by atoms with Gasteiger partial charge in [0, 0.05) is 28.0 Å². The number of anilines is 1. The number of aromatic amines is 1. The Bertz CT molecular complexity index is 761. The summed E-state index contributed by atoms with van der Waals surface area (Å²) in [6.07, 6.45) is -1.09. The van der Waals surface area contributed by atoms with Gasteiger partial charge in [0.1, 0.15) is 5.75 Å². The summed E-state index contributed by atoms with van der Waals surface area (Å²) in [5.41, 5.74) is 2.14. The van der Waals surface area contributed by atoms with Crippen molar-refractivity contribution in [2.24, 2.45) is 0 Å². The minimum Gasteiger partial charge on any atom is -0.508 e. The Morgan fingerprint density at radius 2 is 1.72 bits per heavy atom. The third-order valence-electron chi connectivity index (χ3n) is 2.83. The highest BCUT2D eigenvalue weighted by Crippen LogP contribution is 2.29. The fraction of sp³-hybridized carbons (Fsp3) is 0. The van der Waals surface area contributed by atoms with Crippen molar-refractivity contribution in [1.29, 1.82) is 0 Å². The number of hydrogen-bond acceptors (Lipinski definition) is 2. The molecule has 0 aliphatic carbocycles. The first-order valence-electron chi connectivity index (χ1n) is 5.38. The molecule has 0 aliphatic rings. The van der Waals surface area contributed by atoms with E-state index in [-0.39, 0.29) is 5.75 Å². The third-order valence-corrected chi connectivity index (χ3v) is 2.83. The molecule has 1 heterocycles. The number of phenols is 1. The molecule has 0 fully saturated rings. The number of phenolic OH excluding ortho intramolecular Hbond substituents is 1. The third kappa shape index (κ3) is 1.62. The molecule has 4 N–H and O–H groups in total. The quantitative estimate of drug-likeness (QED) is 0.529. The molecule has 18 heavy (non-hydrogen) atoms. The van der Waals surface area contributed by atoms with Gasteiger partial charge in [0.15, 0.2) is 0 Å². The summed E-state index contributed by atoms with van der Waals surface area (Å²) in [5, 5.41) is 22.4. The lowest BCUT2D eigenvalue weighted by Crippen LogP contribution is -2.06. The molecule has 0 radical (unpaired) electrons. The predicted molar refractivity (Wildman–Crippen MR) is 69.1 cm³/mol. The molecule has 5 heteroatoms. The SMILES string of the molecule is O=C(O)Nc1ccc2c(c1)[nH]c1cc(O)ccc12. The van der Waals surface area contributed by atoms with Gasteiger partial charge < -0.3 is 15.2 Å². The Balaban J connectivity index is 2.22. The molecule has 3 rings (SSSR count). The Morgan fingerprint density at radius 3 is 2.44 bits per heavy atom. The van der Waals surface area contributed by atoms with Gasteiger partial charge in [-0.2, -0.15) is 0 Å². The van der Waals surface area contributed by atoms with Crippen molar-refractivity contribution in [1.82, 2.24) is 4.98 Å². The van der Waals surface area contributed by atoms with Crippen molar-refractivity contribution in [2.75, 3.05) is 5.32 Å². The van der Waals surface area contributed by atoms with Crippen molar-refractivity contribution < 1.29 is 15.0 Å². The van der Waals surface area contributed by atoms with Gasteiger partial charge in [0.2, 0.25) is 0 Å². The van der Waals surface area contributed by atoms with E-state index >= 15 is 0 Å². The first-order valence-corrected chi connectivity index (χ1v) is 5.38.